The van der Waals surface area contributed by atoms with Crippen molar-refractivity contribution in [3.63, 3.8) is 0 Å². The standard InChI is InChI=1S/C11H22N2O/c1-2-10-6-4-3-5-9-13(10)11(14)7-8-12/h10H,2-9,12H2,1H3. The van der Waals surface area contributed by atoms with Crippen LogP contribution in [0.25, 0.3) is 0 Å². The van der Waals surface area contributed by atoms with E-state index in [1.165, 1.54) is 19.3 Å². The molecule has 1 rings (SSSR count). The maximum atomic E-state index is 11.8. The highest BCUT2D eigenvalue weighted by Crippen LogP contribution is 2.19. The van der Waals surface area contributed by atoms with Crippen molar-refractivity contribution in [1.82, 2.24) is 4.90 Å². The third-order valence-corrected chi connectivity index (χ3v) is 3.03. The molecular weight excluding hydrogens is 176 g/mol. The summed E-state index contributed by atoms with van der Waals surface area (Å²) in [4.78, 5) is 13.8. The predicted molar refractivity (Wildman–Crippen MR) is 57.9 cm³/mol. The zero-order valence-electron chi connectivity index (χ0n) is 9.17. The van der Waals surface area contributed by atoms with Crippen molar-refractivity contribution in [1.29, 1.82) is 0 Å². The van der Waals surface area contributed by atoms with Crippen LogP contribution < -0.4 is 5.73 Å². The molecule has 1 atom stereocenters. The van der Waals surface area contributed by atoms with E-state index in [2.05, 4.69) is 11.8 Å². The van der Waals surface area contributed by atoms with Crippen molar-refractivity contribution in [3.8, 4) is 0 Å². The summed E-state index contributed by atoms with van der Waals surface area (Å²) in [5.41, 5.74) is 5.41. The van der Waals surface area contributed by atoms with Gasteiger partial charge in [0.1, 0.15) is 0 Å². The second-order valence-corrected chi connectivity index (χ2v) is 4.04. The normalized spacial score (nSPS) is 23.3. The Kier molecular flexibility index (Phi) is 4.94. The highest BCUT2D eigenvalue weighted by molar-refractivity contribution is 5.76. The predicted octanol–water partition coefficient (Wildman–Crippen LogP) is 1.52. The molecule has 1 aliphatic rings. The Morgan fingerprint density at radius 2 is 2.21 bits per heavy atom. The Balaban J connectivity index is 2.55. The Hall–Kier alpha value is -0.570. The molecule has 1 fully saturated rings. The van der Waals surface area contributed by atoms with Crippen molar-refractivity contribution in [2.45, 2.75) is 51.5 Å². The summed E-state index contributed by atoms with van der Waals surface area (Å²) in [5.74, 6) is 0.251. The van der Waals surface area contributed by atoms with Gasteiger partial charge in [-0.25, -0.2) is 0 Å². The van der Waals surface area contributed by atoms with E-state index < -0.39 is 0 Å². The van der Waals surface area contributed by atoms with E-state index in [1.807, 2.05) is 0 Å². The minimum absolute atomic E-state index is 0.251. The number of likely N-dealkylation sites (tertiary alicyclic amines) is 1. The summed E-state index contributed by atoms with van der Waals surface area (Å²) >= 11 is 0. The quantitative estimate of drug-likeness (QED) is 0.747. The van der Waals surface area contributed by atoms with Gasteiger partial charge in [-0.3, -0.25) is 4.79 Å². The summed E-state index contributed by atoms with van der Waals surface area (Å²) in [6.45, 7) is 3.59. The molecule has 1 heterocycles. The van der Waals surface area contributed by atoms with Crippen LogP contribution in [0.4, 0.5) is 0 Å². The number of carbonyl (C=O) groups is 1. The molecule has 14 heavy (non-hydrogen) atoms. The Morgan fingerprint density at radius 3 is 2.86 bits per heavy atom. The molecule has 0 aromatic heterocycles. The molecular formula is C11H22N2O. The van der Waals surface area contributed by atoms with Gasteiger partial charge in [0.25, 0.3) is 0 Å². The average Bonchev–Trinajstić information content (AvgIpc) is 2.42. The van der Waals surface area contributed by atoms with Crippen LogP contribution in [0.1, 0.15) is 45.4 Å². The maximum absolute atomic E-state index is 11.8. The van der Waals surface area contributed by atoms with E-state index >= 15 is 0 Å². The zero-order valence-corrected chi connectivity index (χ0v) is 9.17. The summed E-state index contributed by atoms with van der Waals surface area (Å²) in [6, 6.07) is 0.469. The van der Waals surface area contributed by atoms with E-state index in [0.717, 1.165) is 19.4 Å². The molecule has 0 saturated carbocycles. The van der Waals surface area contributed by atoms with Gasteiger partial charge in [0.2, 0.25) is 5.91 Å². The first-order chi connectivity index (χ1) is 6.79. The van der Waals surface area contributed by atoms with E-state index in [0.29, 0.717) is 19.0 Å². The van der Waals surface area contributed by atoms with Crippen LogP contribution in [0, 0.1) is 0 Å². The van der Waals surface area contributed by atoms with E-state index in [1.54, 1.807) is 0 Å². The number of hydrogen-bond acceptors (Lipinski definition) is 2. The molecule has 2 N–H and O–H groups in total. The van der Waals surface area contributed by atoms with Crippen molar-refractivity contribution in [2.75, 3.05) is 13.1 Å². The molecule has 0 radical (unpaired) electrons. The molecule has 3 heteroatoms. The lowest BCUT2D eigenvalue weighted by Gasteiger charge is -2.29. The van der Waals surface area contributed by atoms with Crippen LogP contribution in [0.2, 0.25) is 0 Å². The van der Waals surface area contributed by atoms with Crippen molar-refractivity contribution < 1.29 is 4.79 Å². The molecule has 1 saturated heterocycles. The second-order valence-electron chi connectivity index (χ2n) is 4.04. The Morgan fingerprint density at radius 1 is 1.43 bits per heavy atom. The van der Waals surface area contributed by atoms with Gasteiger partial charge in [-0.05, 0) is 19.3 Å². The SMILES string of the molecule is CCC1CCCCCN1C(=O)CCN. The molecule has 1 aliphatic heterocycles. The first kappa shape index (κ1) is 11.5. The third kappa shape index (κ3) is 2.98. The van der Waals surface area contributed by atoms with Gasteiger partial charge in [0, 0.05) is 25.6 Å². The lowest BCUT2D eigenvalue weighted by atomic mass is 10.1. The van der Waals surface area contributed by atoms with Crippen LogP contribution in [0.15, 0.2) is 0 Å². The van der Waals surface area contributed by atoms with Crippen molar-refractivity contribution in [2.24, 2.45) is 5.73 Å². The van der Waals surface area contributed by atoms with Crippen LogP contribution in [-0.2, 0) is 4.79 Å². The molecule has 0 aromatic rings. The lowest BCUT2D eigenvalue weighted by Crippen LogP contribution is -2.40. The van der Waals surface area contributed by atoms with Gasteiger partial charge >= 0.3 is 0 Å². The minimum Gasteiger partial charge on any atom is -0.340 e. The molecule has 0 spiro atoms. The number of nitrogens with two attached hydrogens (primary N) is 1. The highest BCUT2D eigenvalue weighted by atomic mass is 16.2. The monoisotopic (exact) mass is 198 g/mol. The van der Waals surface area contributed by atoms with Crippen molar-refractivity contribution >= 4 is 5.91 Å². The summed E-state index contributed by atoms with van der Waals surface area (Å²) in [6.07, 6.45) is 6.46. The molecule has 82 valence electrons. The lowest BCUT2D eigenvalue weighted by molar-refractivity contribution is -0.133. The first-order valence-corrected chi connectivity index (χ1v) is 5.79. The van der Waals surface area contributed by atoms with Gasteiger partial charge in [0.05, 0.1) is 0 Å². The molecule has 1 amide bonds. The van der Waals surface area contributed by atoms with E-state index in [4.69, 9.17) is 5.73 Å². The maximum Gasteiger partial charge on any atom is 0.224 e. The fourth-order valence-electron chi connectivity index (χ4n) is 2.20. The Bertz CT molecular complexity index is 182. The fraction of sp³-hybridized carbons (Fsp3) is 0.909. The zero-order chi connectivity index (χ0) is 10.4. The molecule has 0 aliphatic carbocycles. The largest absolute Gasteiger partial charge is 0.340 e. The smallest absolute Gasteiger partial charge is 0.224 e. The highest BCUT2D eigenvalue weighted by Gasteiger charge is 2.22. The molecule has 1 unspecified atom stereocenters. The minimum atomic E-state index is 0.251. The van der Waals surface area contributed by atoms with Crippen LogP contribution in [0.5, 0.6) is 0 Å². The summed E-state index contributed by atoms with van der Waals surface area (Å²) in [5, 5.41) is 0. The Labute approximate surface area is 86.6 Å². The van der Waals surface area contributed by atoms with Crippen LogP contribution in [0.3, 0.4) is 0 Å². The molecule has 0 bridgehead atoms. The van der Waals surface area contributed by atoms with Gasteiger partial charge in [-0.15, -0.1) is 0 Å². The third-order valence-electron chi connectivity index (χ3n) is 3.03. The van der Waals surface area contributed by atoms with Crippen LogP contribution in [-0.4, -0.2) is 29.9 Å². The van der Waals surface area contributed by atoms with Gasteiger partial charge in [0.15, 0.2) is 0 Å². The number of amides is 1. The number of nitrogens with zero attached hydrogens (tertiary/aromatic N) is 1. The summed E-state index contributed by atoms with van der Waals surface area (Å²) in [7, 11) is 0. The van der Waals surface area contributed by atoms with E-state index in [-0.39, 0.29) is 5.91 Å². The van der Waals surface area contributed by atoms with Gasteiger partial charge in [-0.2, -0.15) is 0 Å². The first-order valence-electron chi connectivity index (χ1n) is 5.79. The van der Waals surface area contributed by atoms with Crippen molar-refractivity contribution in [3.05, 3.63) is 0 Å². The number of hydrogen-bond donors (Lipinski definition) is 1. The van der Waals surface area contributed by atoms with Crippen LogP contribution >= 0.6 is 0 Å². The average molecular weight is 198 g/mol. The van der Waals surface area contributed by atoms with Gasteiger partial charge < -0.3 is 10.6 Å². The number of rotatable bonds is 3. The topological polar surface area (TPSA) is 46.3 Å². The number of carbonyl (C=O) groups excluding carboxylic acids is 1. The fourth-order valence-corrected chi connectivity index (χ4v) is 2.20. The molecule has 3 nitrogen and oxygen atoms in total. The second kappa shape index (κ2) is 6.02. The van der Waals surface area contributed by atoms with Gasteiger partial charge in [-0.1, -0.05) is 19.8 Å². The van der Waals surface area contributed by atoms with E-state index in [9.17, 15) is 4.79 Å². The summed E-state index contributed by atoms with van der Waals surface area (Å²) < 4.78 is 0. The molecule has 0 aromatic carbocycles.